The van der Waals surface area contributed by atoms with Crippen LogP contribution in [-0.4, -0.2) is 39.3 Å². The molecule has 1 amide bonds. The molecule has 1 fully saturated rings. The van der Waals surface area contributed by atoms with E-state index in [4.69, 9.17) is 0 Å². The molecule has 1 aliphatic heterocycles. The number of nitrogens with zero attached hydrogens (tertiary/aromatic N) is 2. The summed E-state index contributed by atoms with van der Waals surface area (Å²) < 4.78 is 13.0. The molecule has 0 bridgehead atoms. The Kier molecular flexibility index (Phi) is 4.55. The summed E-state index contributed by atoms with van der Waals surface area (Å²) in [6.45, 7) is 0.565. The van der Waals surface area contributed by atoms with E-state index in [1.54, 1.807) is 4.90 Å². The molecule has 0 radical (unpaired) electrons. The monoisotopic (exact) mass is 328 g/mol. The van der Waals surface area contributed by atoms with Crippen molar-refractivity contribution in [2.75, 3.05) is 6.54 Å². The Bertz CT molecular complexity index is 761. The van der Waals surface area contributed by atoms with Crippen LogP contribution in [0, 0.1) is 5.82 Å². The van der Waals surface area contributed by atoms with Crippen LogP contribution in [0.15, 0.2) is 42.7 Å². The first-order valence-electron chi connectivity index (χ1n) is 7.78. The quantitative estimate of drug-likeness (QED) is 0.876. The second-order valence-electron chi connectivity index (χ2n) is 5.86. The molecule has 0 aliphatic carbocycles. The average molecular weight is 328 g/mol. The highest BCUT2D eigenvalue weighted by Crippen LogP contribution is 2.24. The van der Waals surface area contributed by atoms with Crippen LogP contribution in [0.2, 0.25) is 0 Å². The van der Waals surface area contributed by atoms with Gasteiger partial charge in [-0.05, 0) is 43.2 Å². The van der Waals surface area contributed by atoms with Gasteiger partial charge in [-0.25, -0.2) is 4.39 Å². The summed E-state index contributed by atoms with van der Waals surface area (Å²) in [5, 5.41) is 9.47. The number of carbonyl (C=O) groups is 2. The summed E-state index contributed by atoms with van der Waals surface area (Å²) in [6.07, 6.45) is 4.42. The molecule has 3 rings (SSSR count). The zero-order valence-electron chi connectivity index (χ0n) is 13.0. The predicted octanol–water partition coefficient (Wildman–Crippen LogP) is 2.80. The zero-order valence-corrected chi connectivity index (χ0v) is 13.0. The van der Waals surface area contributed by atoms with Crippen molar-refractivity contribution in [3.8, 4) is 5.75 Å². The minimum Gasteiger partial charge on any atom is -0.506 e. The maximum absolute atomic E-state index is 13.0. The van der Waals surface area contributed by atoms with Crippen LogP contribution < -0.4 is 0 Å². The van der Waals surface area contributed by atoms with Gasteiger partial charge >= 0.3 is 0 Å². The largest absolute Gasteiger partial charge is 0.506 e. The maximum Gasteiger partial charge on any atom is 0.255 e. The Morgan fingerprint density at radius 3 is 2.67 bits per heavy atom. The van der Waals surface area contributed by atoms with Gasteiger partial charge in [-0.15, -0.1) is 0 Å². The molecular weight excluding hydrogens is 311 g/mol. The minimum atomic E-state index is -0.388. The third kappa shape index (κ3) is 3.42. The van der Waals surface area contributed by atoms with Crippen molar-refractivity contribution in [2.45, 2.75) is 25.3 Å². The fraction of sp³-hybridized carbons (Fsp3) is 0.278. The Hall–Kier alpha value is -2.76. The van der Waals surface area contributed by atoms with E-state index in [-0.39, 0.29) is 35.7 Å². The number of halogens is 1. The number of ketones is 1. The molecule has 1 atom stereocenters. The van der Waals surface area contributed by atoms with Crippen molar-refractivity contribution in [3.63, 3.8) is 0 Å². The van der Waals surface area contributed by atoms with Gasteiger partial charge in [0.05, 0.1) is 11.8 Å². The molecule has 1 aromatic heterocycles. The standard InChI is InChI=1S/C18H17FN2O3/c19-14-5-3-12(4-6-14)17(23)9-15-2-1-7-21(15)18(24)13-8-16(22)11-20-10-13/h3-6,8,10-11,15,22H,1-2,7,9H2/t15-/m1/s1. The maximum atomic E-state index is 13.0. The first kappa shape index (κ1) is 16.1. The van der Waals surface area contributed by atoms with Crippen LogP contribution in [0.3, 0.4) is 0 Å². The predicted molar refractivity (Wildman–Crippen MR) is 85.3 cm³/mol. The topological polar surface area (TPSA) is 70.5 Å². The summed E-state index contributed by atoms with van der Waals surface area (Å²) in [4.78, 5) is 30.4. The van der Waals surface area contributed by atoms with Gasteiger partial charge in [0.15, 0.2) is 5.78 Å². The molecule has 0 saturated carbocycles. The summed E-state index contributed by atoms with van der Waals surface area (Å²) in [7, 11) is 0. The number of aromatic hydroxyl groups is 1. The van der Waals surface area contributed by atoms with Gasteiger partial charge in [0.25, 0.3) is 5.91 Å². The van der Waals surface area contributed by atoms with E-state index < -0.39 is 0 Å². The Morgan fingerprint density at radius 1 is 1.21 bits per heavy atom. The number of hydrogen-bond acceptors (Lipinski definition) is 4. The number of rotatable bonds is 4. The van der Waals surface area contributed by atoms with Crippen LogP contribution in [-0.2, 0) is 0 Å². The SMILES string of the molecule is O=C(C[C@H]1CCCN1C(=O)c1cncc(O)c1)c1ccc(F)cc1. The van der Waals surface area contributed by atoms with Crippen molar-refractivity contribution in [1.29, 1.82) is 0 Å². The molecule has 2 heterocycles. The lowest BCUT2D eigenvalue weighted by molar-refractivity contribution is 0.0716. The van der Waals surface area contributed by atoms with Crippen LogP contribution >= 0.6 is 0 Å². The number of benzene rings is 1. The lowest BCUT2D eigenvalue weighted by Crippen LogP contribution is -2.36. The first-order chi connectivity index (χ1) is 11.5. The highest BCUT2D eigenvalue weighted by Gasteiger charge is 2.31. The zero-order chi connectivity index (χ0) is 17.1. The second kappa shape index (κ2) is 6.78. The molecule has 6 heteroatoms. The molecule has 1 saturated heterocycles. The van der Waals surface area contributed by atoms with Crippen molar-refractivity contribution in [1.82, 2.24) is 9.88 Å². The van der Waals surface area contributed by atoms with Gasteiger partial charge in [-0.2, -0.15) is 0 Å². The van der Waals surface area contributed by atoms with Crippen LogP contribution in [0.25, 0.3) is 0 Å². The molecule has 0 spiro atoms. The van der Waals surface area contributed by atoms with Crippen molar-refractivity contribution >= 4 is 11.7 Å². The number of pyridine rings is 1. The number of Topliss-reactive ketones (excluding diaryl/α,β-unsaturated/α-hetero) is 1. The minimum absolute atomic E-state index is 0.0704. The van der Waals surface area contributed by atoms with E-state index in [2.05, 4.69) is 4.98 Å². The normalized spacial score (nSPS) is 17.0. The molecule has 1 aliphatic rings. The van der Waals surface area contributed by atoms with Gasteiger partial charge in [0.1, 0.15) is 11.6 Å². The van der Waals surface area contributed by atoms with Gasteiger partial charge in [0.2, 0.25) is 0 Å². The highest BCUT2D eigenvalue weighted by molar-refractivity contribution is 5.98. The Morgan fingerprint density at radius 2 is 1.96 bits per heavy atom. The molecule has 2 aromatic rings. The third-order valence-corrected chi connectivity index (χ3v) is 4.20. The van der Waals surface area contributed by atoms with Crippen molar-refractivity contribution in [3.05, 3.63) is 59.7 Å². The lowest BCUT2D eigenvalue weighted by atomic mass is 10.0. The van der Waals surface area contributed by atoms with E-state index in [9.17, 15) is 19.1 Å². The first-order valence-corrected chi connectivity index (χ1v) is 7.78. The number of carbonyl (C=O) groups excluding carboxylic acids is 2. The summed E-state index contributed by atoms with van der Waals surface area (Å²) in [5.41, 5.74) is 0.742. The molecule has 24 heavy (non-hydrogen) atoms. The fourth-order valence-electron chi connectivity index (χ4n) is 2.99. The summed E-state index contributed by atoms with van der Waals surface area (Å²) in [6, 6.07) is 6.59. The number of aromatic nitrogens is 1. The smallest absolute Gasteiger partial charge is 0.255 e. The van der Waals surface area contributed by atoms with E-state index in [1.165, 1.54) is 42.7 Å². The molecule has 1 aromatic carbocycles. The van der Waals surface area contributed by atoms with Gasteiger partial charge in [0, 0.05) is 30.8 Å². The second-order valence-corrected chi connectivity index (χ2v) is 5.86. The van der Waals surface area contributed by atoms with E-state index in [0.717, 1.165) is 12.8 Å². The van der Waals surface area contributed by atoms with Gasteiger partial charge in [-0.3, -0.25) is 14.6 Å². The Labute approximate surface area is 138 Å². The van der Waals surface area contributed by atoms with E-state index >= 15 is 0 Å². The molecule has 5 nitrogen and oxygen atoms in total. The highest BCUT2D eigenvalue weighted by atomic mass is 19.1. The number of likely N-dealkylation sites (tertiary alicyclic amines) is 1. The Balaban J connectivity index is 1.72. The summed E-state index contributed by atoms with van der Waals surface area (Å²) in [5.74, 6) is -0.818. The molecule has 1 N–H and O–H groups in total. The van der Waals surface area contributed by atoms with Crippen LogP contribution in [0.1, 0.15) is 40.0 Å². The lowest BCUT2D eigenvalue weighted by Gasteiger charge is -2.24. The van der Waals surface area contributed by atoms with Crippen LogP contribution in [0.5, 0.6) is 5.75 Å². The molecule has 0 unspecified atom stereocenters. The van der Waals surface area contributed by atoms with Crippen LogP contribution in [0.4, 0.5) is 4.39 Å². The fourth-order valence-corrected chi connectivity index (χ4v) is 2.99. The summed E-state index contributed by atoms with van der Waals surface area (Å²) >= 11 is 0. The van der Waals surface area contributed by atoms with Gasteiger partial charge in [-0.1, -0.05) is 0 Å². The van der Waals surface area contributed by atoms with E-state index in [0.29, 0.717) is 17.7 Å². The third-order valence-electron chi connectivity index (χ3n) is 4.20. The van der Waals surface area contributed by atoms with Gasteiger partial charge < -0.3 is 10.0 Å². The number of amides is 1. The van der Waals surface area contributed by atoms with Crippen molar-refractivity contribution in [2.24, 2.45) is 0 Å². The van der Waals surface area contributed by atoms with Crippen molar-refractivity contribution < 1.29 is 19.1 Å². The van der Waals surface area contributed by atoms with E-state index in [1.807, 2.05) is 0 Å². The average Bonchev–Trinajstić information content (AvgIpc) is 3.02. The molecular formula is C18H17FN2O3. The molecule has 124 valence electrons. The number of hydrogen-bond donors (Lipinski definition) is 1.